The van der Waals surface area contributed by atoms with Crippen LogP contribution in [0.3, 0.4) is 0 Å². The zero-order valence-electron chi connectivity index (χ0n) is 10.8. The van der Waals surface area contributed by atoms with E-state index in [4.69, 9.17) is 0 Å². The summed E-state index contributed by atoms with van der Waals surface area (Å²) in [5, 5.41) is 14.1. The molecule has 18 heavy (non-hydrogen) atoms. The van der Waals surface area contributed by atoms with Crippen molar-refractivity contribution in [2.24, 2.45) is 5.92 Å². The highest BCUT2D eigenvalue weighted by Crippen LogP contribution is 2.36. The summed E-state index contributed by atoms with van der Waals surface area (Å²) in [4.78, 5) is 4.54. The molecule has 1 fully saturated rings. The number of rotatable bonds is 2. The summed E-state index contributed by atoms with van der Waals surface area (Å²) in [6.45, 7) is 2.06. The molecule has 2 N–H and O–H groups in total. The molecule has 0 spiro atoms. The van der Waals surface area contributed by atoms with Crippen molar-refractivity contribution in [3.05, 3.63) is 29.6 Å². The Morgan fingerprint density at radius 3 is 3.11 bits per heavy atom. The highest BCUT2D eigenvalue weighted by molar-refractivity contribution is 5.27. The van der Waals surface area contributed by atoms with Gasteiger partial charge < -0.3 is 10.4 Å². The highest BCUT2D eigenvalue weighted by atomic mass is 16.3. The Hall–Kier alpha value is -0.930. The van der Waals surface area contributed by atoms with Crippen LogP contribution in [0.1, 0.15) is 42.9 Å². The molecule has 0 saturated carbocycles. The van der Waals surface area contributed by atoms with Crippen molar-refractivity contribution >= 4 is 0 Å². The molecule has 3 nitrogen and oxygen atoms in total. The second-order valence-corrected chi connectivity index (χ2v) is 5.64. The predicted octanol–water partition coefficient (Wildman–Crippen LogP) is 1.86. The van der Waals surface area contributed by atoms with Gasteiger partial charge >= 0.3 is 0 Å². The number of hydrogen-bond donors (Lipinski definition) is 2. The molecule has 1 aliphatic carbocycles. The Bertz CT molecular complexity index is 401. The zero-order chi connectivity index (χ0) is 12.4. The zero-order valence-corrected chi connectivity index (χ0v) is 10.8. The monoisotopic (exact) mass is 246 g/mol. The number of hydrogen-bond acceptors (Lipinski definition) is 3. The number of pyridine rings is 1. The van der Waals surface area contributed by atoms with Crippen LogP contribution in [0.4, 0.5) is 0 Å². The maximum atomic E-state index is 10.7. The minimum absolute atomic E-state index is 0.230. The van der Waals surface area contributed by atoms with Crippen LogP contribution in [0, 0.1) is 5.92 Å². The number of nitrogens with zero attached hydrogens (tertiary/aromatic N) is 1. The number of nitrogens with one attached hydrogen (secondary N) is 1. The first kappa shape index (κ1) is 12.1. The summed E-state index contributed by atoms with van der Waals surface area (Å²) in [5.41, 5.74) is 2.50. The van der Waals surface area contributed by atoms with Gasteiger partial charge in [0.25, 0.3) is 0 Å². The Kier molecular flexibility index (Phi) is 3.62. The maximum Gasteiger partial charge on any atom is 0.0664 e. The van der Waals surface area contributed by atoms with Crippen LogP contribution >= 0.6 is 0 Å². The second kappa shape index (κ2) is 5.37. The van der Waals surface area contributed by atoms with Crippen molar-refractivity contribution in [1.29, 1.82) is 0 Å². The Labute approximate surface area is 109 Å². The second-order valence-electron chi connectivity index (χ2n) is 5.64. The third-order valence-electron chi connectivity index (χ3n) is 4.47. The minimum atomic E-state index is -0.230. The van der Waals surface area contributed by atoms with E-state index in [1.54, 1.807) is 0 Å². The summed E-state index contributed by atoms with van der Waals surface area (Å²) in [6, 6.07) is 4.18. The van der Waals surface area contributed by atoms with Gasteiger partial charge in [-0.15, -0.1) is 0 Å². The molecular formula is C15H22N2O. The van der Waals surface area contributed by atoms with Gasteiger partial charge in [0.15, 0.2) is 0 Å². The van der Waals surface area contributed by atoms with Crippen molar-refractivity contribution in [1.82, 2.24) is 10.3 Å². The van der Waals surface area contributed by atoms with E-state index in [2.05, 4.69) is 16.4 Å². The minimum Gasteiger partial charge on any atom is -0.392 e. The molecule has 3 atom stereocenters. The van der Waals surface area contributed by atoms with E-state index < -0.39 is 0 Å². The average Bonchev–Trinajstić information content (AvgIpc) is 2.47. The van der Waals surface area contributed by atoms with Crippen molar-refractivity contribution in [2.75, 3.05) is 13.1 Å². The number of piperidine rings is 1. The van der Waals surface area contributed by atoms with Crippen LogP contribution in [0.25, 0.3) is 0 Å². The molecule has 0 bridgehead atoms. The van der Waals surface area contributed by atoms with Crippen molar-refractivity contribution < 1.29 is 5.11 Å². The largest absolute Gasteiger partial charge is 0.392 e. The molecule has 1 aliphatic heterocycles. The van der Waals surface area contributed by atoms with Gasteiger partial charge in [0.1, 0.15) is 0 Å². The summed E-state index contributed by atoms with van der Waals surface area (Å²) in [5.74, 6) is 0.650. The van der Waals surface area contributed by atoms with Gasteiger partial charge in [-0.2, -0.15) is 0 Å². The predicted molar refractivity (Wildman–Crippen MR) is 71.5 cm³/mol. The lowest BCUT2D eigenvalue weighted by Gasteiger charge is -2.35. The third-order valence-corrected chi connectivity index (χ3v) is 4.47. The molecule has 2 heterocycles. The van der Waals surface area contributed by atoms with Crippen LogP contribution in [-0.2, 0) is 6.42 Å². The number of fused-ring (bicyclic) bond motifs is 1. The van der Waals surface area contributed by atoms with E-state index >= 15 is 0 Å². The highest BCUT2D eigenvalue weighted by Gasteiger charge is 2.33. The standard InChI is InChI=1S/C15H22N2O/c18-15(12-6-2-8-16-10-12)13-7-1-4-11-5-3-9-17-14(11)13/h3,5,9,12-13,15-16,18H,1-2,4,6-8,10H2. The SMILES string of the molecule is OC(C1CCCNC1)C1CCCc2cccnc21. The smallest absolute Gasteiger partial charge is 0.0664 e. The lowest BCUT2D eigenvalue weighted by atomic mass is 9.77. The first-order valence-corrected chi connectivity index (χ1v) is 7.19. The van der Waals surface area contributed by atoms with Crippen LogP contribution in [0.15, 0.2) is 18.3 Å². The summed E-state index contributed by atoms with van der Waals surface area (Å²) < 4.78 is 0. The lowest BCUT2D eigenvalue weighted by molar-refractivity contribution is 0.0598. The maximum absolute atomic E-state index is 10.7. The molecule has 0 amide bonds. The Morgan fingerprint density at radius 1 is 1.33 bits per heavy atom. The van der Waals surface area contributed by atoms with Crippen molar-refractivity contribution in [2.45, 2.75) is 44.1 Å². The van der Waals surface area contributed by atoms with E-state index in [-0.39, 0.29) is 12.0 Å². The molecule has 3 unspecified atom stereocenters. The molecule has 1 aromatic rings. The van der Waals surface area contributed by atoms with Crippen LogP contribution in [0.2, 0.25) is 0 Å². The van der Waals surface area contributed by atoms with Gasteiger partial charge in [-0.25, -0.2) is 0 Å². The summed E-state index contributed by atoms with van der Waals surface area (Å²) >= 11 is 0. The number of aliphatic hydroxyl groups is 1. The van der Waals surface area contributed by atoms with E-state index in [0.717, 1.165) is 38.0 Å². The third kappa shape index (κ3) is 2.29. The Morgan fingerprint density at radius 2 is 2.28 bits per heavy atom. The van der Waals surface area contributed by atoms with E-state index in [1.807, 2.05) is 12.3 Å². The molecule has 3 rings (SSSR count). The molecule has 1 saturated heterocycles. The average molecular weight is 246 g/mol. The molecule has 0 aromatic carbocycles. The first-order chi connectivity index (χ1) is 8.86. The number of aryl methyl sites for hydroxylation is 1. The normalized spacial score (nSPS) is 29.6. The molecule has 0 radical (unpaired) electrons. The van der Waals surface area contributed by atoms with Gasteiger partial charge in [0, 0.05) is 24.4 Å². The topological polar surface area (TPSA) is 45.1 Å². The lowest BCUT2D eigenvalue weighted by Crippen LogP contribution is -2.40. The van der Waals surface area contributed by atoms with E-state index in [9.17, 15) is 5.11 Å². The van der Waals surface area contributed by atoms with Gasteiger partial charge in [-0.1, -0.05) is 6.07 Å². The van der Waals surface area contributed by atoms with Crippen molar-refractivity contribution in [3.8, 4) is 0 Å². The molecular weight excluding hydrogens is 224 g/mol. The fourth-order valence-electron chi connectivity index (χ4n) is 3.48. The summed E-state index contributed by atoms with van der Waals surface area (Å²) in [7, 11) is 0. The number of aromatic nitrogens is 1. The van der Waals surface area contributed by atoms with Gasteiger partial charge in [0.2, 0.25) is 0 Å². The molecule has 1 aromatic heterocycles. The fourth-order valence-corrected chi connectivity index (χ4v) is 3.48. The molecule has 3 heteroatoms. The van der Waals surface area contributed by atoms with Gasteiger partial charge in [-0.05, 0) is 56.2 Å². The quantitative estimate of drug-likeness (QED) is 0.837. The van der Waals surface area contributed by atoms with E-state index in [1.165, 1.54) is 18.4 Å². The van der Waals surface area contributed by atoms with Crippen LogP contribution in [0.5, 0.6) is 0 Å². The van der Waals surface area contributed by atoms with Gasteiger partial charge in [-0.3, -0.25) is 4.98 Å². The molecule has 2 aliphatic rings. The Balaban J connectivity index is 1.80. The van der Waals surface area contributed by atoms with Crippen LogP contribution < -0.4 is 5.32 Å². The van der Waals surface area contributed by atoms with E-state index in [0.29, 0.717) is 5.92 Å². The first-order valence-electron chi connectivity index (χ1n) is 7.19. The fraction of sp³-hybridized carbons (Fsp3) is 0.667. The van der Waals surface area contributed by atoms with Crippen LogP contribution in [-0.4, -0.2) is 29.3 Å². The molecule has 98 valence electrons. The van der Waals surface area contributed by atoms with Crippen molar-refractivity contribution in [3.63, 3.8) is 0 Å². The van der Waals surface area contributed by atoms with Gasteiger partial charge in [0.05, 0.1) is 6.10 Å². The number of aliphatic hydroxyl groups excluding tert-OH is 1. The summed E-state index contributed by atoms with van der Waals surface area (Å²) in [6.07, 6.45) is 7.35.